The van der Waals surface area contributed by atoms with Crippen molar-refractivity contribution in [2.45, 2.75) is 6.61 Å². The summed E-state index contributed by atoms with van der Waals surface area (Å²) in [4.78, 5) is 11.6. The Morgan fingerprint density at radius 1 is 1.29 bits per heavy atom. The Bertz CT molecular complexity index is 627. The number of halogens is 2. The average Bonchev–Trinajstić information content (AvgIpc) is 2.95. The zero-order chi connectivity index (χ0) is 15.2. The van der Waals surface area contributed by atoms with Gasteiger partial charge < -0.3 is 19.6 Å². The van der Waals surface area contributed by atoms with Crippen LogP contribution in [0.1, 0.15) is 16.3 Å². The van der Waals surface area contributed by atoms with Gasteiger partial charge in [0.15, 0.2) is 5.76 Å². The molecular formula is C14H13Cl2NO4. The standard InChI is InChI=1S/C14H13Cl2NO4/c15-10-2-1-3-11(13(10)16)20-8-9-4-5-12(21-9)14(19)17-6-7-18/h1-5,18H,6-8H2,(H,17,19). The highest BCUT2D eigenvalue weighted by Gasteiger charge is 2.12. The Morgan fingerprint density at radius 3 is 2.86 bits per heavy atom. The Balaban J connectivity index is 1.97. The van der Waals surface area contributed by atoms with E-state index in [1.807, 2.05) is 0 Å². The monoisotopic (exact) mass is 329 g/mol. The number of aliphatic hydroxyl groups excluding tert-OH is 1. The maximum atomic E-state index is 11.6. The van der Waals surface area contributed by atoms with E-state index in [-0.39, 0.29) is 25.5 Å². The van der Waals surface area contributed by atoms with Crippen LogP contribution < -0.4 is 10.1 Å². The van der Waals surface area contributed by atoms with E-state index in [1.54, 1.807) is 24.3 Å². The van der Waals surface area contributed by atoms with Gasteiger partial charge in [0.25, 0.3) is 5.91 Å². The van der Waals surface area contributed by atoms with Gasteiger partial charge >= 0.3 is 0 Å². The van der Waals surface area contributed by atoms with Gasteiger partial charge in [-0.1, -0.05) is 29.3 Å². The molecule has 0 saturated heterocycles. The van der Waals surface area contributed by atoms with Crippen molar-refractivity contribution < 1.29 is 19.1 Å². The molecule has 0 spiro atoms. The van der Waals surface area contributed by atoms with Gasteiger partial charge in [-0.3, -0.25) is 4.79 Å². The molecule has 21 heavy (non-hydrogen) atoms. The lowest BCUT2D eigenvalue weighted by molar-refractivity contribution is 0.0913. The Morgan fingerprint density at radius 2 is 2.10 bits per heavy atom. The second-order valence-corrected chi connectivity index (χ2v) is 4.87. The van der Waals surface area contributed by atoms with E-state index in [9.17, 15) is 4.79 Å². The van der Waals surface area contributed by atoms with Crippen LogP contribution in [0.15, 0.2) is 34.7 Å². The molecule has 0 aliphatic carbocycles. The first kappa shape index (κ1) is 15.7. The number of hydrogen-bond acceptors (Lipinski definition) is 4. The van der Waals surface area contributed by atoms with Crippen molar-refractivity contribution in [3.05, 3.63) is 51.9 Å². The first-order valence-electron chi connectivity index (χ1n) is 6.16. The third-order valence-corrected chi connectivity index (χ3v) is 3.37. The number of aliphatic hydroxyl groups is 1. The Hall–Kier alpha value is -1.69. The van der Waals surface area contributed by atoms with Crippen LogP contribution in [0, 0.1) is 0 Å². The summed E-state index contributed by atoms with van der Waals surface area (Å²) in [5, 5.41) is 11.9. The van der Waals surface area contributed by atoms with Gasteiger partial charge in [0.1, 0.15) is 23.1 Å². The molecule has 0 unspecified atom stereocenters. The number of carbonyl (C=O) groups excluding carboxylic acids is 1. The van der Waals surface area contributed by atoms with Crippen molar-refractivity contribution >= 4 is 29.1 Å². The van der Waals surface area contributed by atoms with Crippen LogP contribution in [0.3, 0.4) is 0 Å². The zero-order valence-electron chi connectivity index (χ0n) is 10.9. The van der Waals surface area contributed by atoms with E-state index in [0.29, 0.717) is 21.6 Å². The van der Waals surface area contributed by atoms with Crippen LogP contribution in [0.5, 0.6) is 5.75 Å². The molecule has 1 aromatic heterocycles. The molecule has 0 aliphatic heterocycles. The average molecular weight is 330 g/mol. The summed E-state index contributed by atoms with van der Waals surface area (Å²) in [6.07, 6.45) is 0. The minimum atomic E-state index is -0.393. The van der Waals surface area contributed by atoms with E-state index in [4.69, 9.17) is 37.5 Å². The highest BCUT2D eigenvalue weighted by molar-refractivity contribution is 6.42. The Labute approximate surface area is 131 Å². The number of nitrogens with one attached hydrogen (secondary N) is 1. The van der Waals surface area contributed by atoms with Crippen molar-refractivity contribution in [3.8, 4) is 5.75 Å². The van der Waals surface area contributed by atoms with Crippen molar-refractivity contribution in [1.29, 1.82) is 0 Å². The van der Waals surface area contributed by atoms with Gasteiger partial charge in [-0.15, -0.1) is 0 Å². The number of carbonyl (C=O) groups is 1. The third-order valence-electron chi connectivity index (χ3n) is 2.57. The molecule has 0 fully saturated rings. The number of amides is 1. The van der Waals surface area contributed by atoms with Gasteiger partial charge in [-0.25, -0.2) is 0 Å². The lowest BCUT2D eigenvalue weighted by Gasteiger charge is -2.07. The van der Waals surface area contributed by atoms with E-state index in [2.05, 4.69) is 5.32 Å². The van der Waals surface area contributed by atoms with Gasteiger partial charge in [0.05, 0.1) is 11.6 Å². The molecule has 1 amide bonds. The largest absolute Gasteiger partial charge is 0.484 e. The normalized spacial score (nSPS) is 10.4. The molecule has 0 radical (unpaired) electrons. The molecule has 1 aromatic carbocycles. The summed E-state index contributed by atoms with van der Waals surface area (Å²) >= 11 is 11.9. The molecule has 112 valence electrons. The van der Waals surface area contributed by atoms with E-state index < -0.39 is 5.91 Å². The summed E-state index contributed by atoms with van der Waals surface area (Å²) in [6, 6.07) is 8.23. The summed E-state index contributed by atoms with van der Waals surface area (Å²) < 4.78 is 10.8. The fourth-order valence-electron chi connectivity index (χ4n) is 1.58. The molecule has 0 atom stereocenters. The summed E-state index contributed by atoms with van der Waals surface area (Å²) in [5.74, 6) is 0.669. The predicted octanol–water partition coefficient (Wildman–Crippen LogP) is 2.89. The maximum Gasteiger partial charge on any atom is 0.287 e. The topological polar surface area (TPSA) is 71.7 Å². The van der Waals surface area contributed by atoms with E-state index in [1.165, 1.54) is 6.07 Å². The number of rotatable bonds is 6. The first-order chi connectivity index (χ1) is 10.1. The molecular weight excluding hydrogens is 317 g/mol. The number of benzene rings is 1. The van der Waals surface area contributed by atoms with E-state index >= 15 is 0 Å². The van der Waals surface area contributed by atoms with Crippen molar-refractivity contribution in [1.82, 2.24) is 5.32 Å². The fourth-order valence-corrected chi connectivity index (χ4v) is 1.92. The number of ether oxygens (including phenoxy) is 1. The van der Waals surface area contributed by atoms with Crippen LogP contribution >= 0.6 is 23.2 Å². The molecule has 2 rings (SSSR count). The van der Waals surface area contributed by atoms with Crippen molar-refractivity contribution in [2.24, 2.45) is 0 Å². The number of hydrogen-bond donors (Lipinski definition) is 2. The number of furan rings is 1. The molecule has 2 aromatic rings. The van der Waals surface area contributed by atoms with Gasteiger partial charge in [-0.2, -0.15) is 0 Å². The van der Waals surface area contributed by atoms with Crippen LogP contribution in [0.4, 0.5) is 0 Å². The molecule has 1 heterocycles. The fraction of sp³-hybridized carbons (Fsp3) is 0.214. The van der Waals surface area contributed by atoms with Gasteiger partial charge in [0.2, 0.25) is 0 Å². The third kappa shape index (κ3) is 4.14. The molecule has 5 nitrogen and oxygen atoms in total. The van der Waals surface area contributed by atoms with E-state index in [0.717, 1.165) is 0 Å². The SMILES string of the molecule is O=C(NCCO)c1ccc(COc2cccc(Cl)c2Cl)o1. The second kappa shape index (κ2) is 7.36. The van der Waals surface area contributed by atoms with Gasteiger partial charge in [0, 0.05) is 6.54 Å². The molecule has 7 heteroatoms. The quantitative estimate of drug-likeness (QED) is 0.854. The summed E-state index contributed by atoms with van der Waals surface area (Å²) in [5.41, 5.74) is 0. The molecule has 2 N–H and O–H groups in total. The minimum absolute atomic E-state index is 0.118. The first-order valence-corrected chi connectivity index (χ1v) is 6.92. The molecule has 0 bridgehead atoms. The van der Waals surface area contributed by atoms with Crippen molar-refractivity contribution in [2.75, 3.05) is 13.2 Å². The minimum Gasteiger partial charge on any atom is -0.484 e. The summed E-state index contributed by atoms with van der Waals surface area (Å²) in [7, 11) is 0. The zero-order valence-corrected chi connectivity index (χ0v) is 12.4. The summed E-state index contributed by atoms with van der Waals surface area (Å²) in [6.45, 7) is 0.159. The molecule has 0 saturated carbocycles. The predicted molar refractivity (Wildman–Crippen MR) is 78.9 cm³/mol. The maximum absolute atomic E-state index is 11.6. The highest BCUT2D eigenvalue weighted by atomic mass is 35.5. The Kier molecular flexibility index (Phi) is 5.50. The second-order valence-electron chi connectivity index (χ2n) is 4.09. The van der Waals surface area contributed by atoms with Crippen LogP contribution in [-0.4, -0.2) is 24.2 Å². The lowest BCUT2D eigenvalue weighted by Crippen LogP contribution is -2.25. The molecule has 0 aliphatic rings. The van der Waals surface area contributed by atoms with Crippen molar-refractivity contribution in [3.63, 3.8) is 0 Å². The van der Waals surface area contributed by atoms with Crippen LogP contribution in [0.25, 0.3) is 0 Å². The highest BCUT2D eigenvalue weighted by Crippen LogP contribution is 2.31. The van der Waals surface area contributed by atoms with Crippen LogP contribution in [-0.2, 0) is 6.61 Å². The lowest BCUT2D eigenvalue weighted by atomic mass is 10.3. The van der Waals surface area contributed by atoms with Crippen LogP contribution in [0.2, 0.25) is 10.0 Å². The smallest absolute Gasteiger partial charge is 0.287 e. The van der Waals surface area contributed by atoms with Gasteiger partial charge in [-0.05, 0) is 24.3 Å².